The van der Waals surface area contributed by atoms with Crippen molar-refractivity contribution in [3.8, 4) is 28.4 Å². The highest BCUT2D eigenvalue weighted by Gasteiger charge is 2.30. The first-order valence-corrected chi connectivity index (χ1v) is 17.1. The molecule has 0 saturated carbocycles. The summed E-state index contributed by atoms with van der Waals surface area (Å²) in [4.78, 5) is 29.8. The molecule has 4 aromatic rings. The van der Waals surface area contributed by atoms with Gasteiger partial charge in [0.1, 0.15) is 31.1 Å². The molecule has 8 bridgehead atoms. The van der Waals surface area contributed by atoms with Crippen LogP contribution in [0.5, 0.6) is 17.2 Å². The van der Waals surface area contributed by atoms with E-state index < -0.39 is 5.97 Å². The van der Waals surface area contributed by atoms with E-state index in [4.69, 9.17) is 38.4 Å². The number of aromatic nitrogens is 4. The monoisotopic (exact) mass is 694 g/mol. The van der Waals surface area contributed by atoms with E-state index in [1.54, 1.807) is 6.07 Å². The second kappa shape index (κ2) is 17.0. The molecule has 2 aliphatic heterocycles. The third-order valence-corrected chi connectivity index (χ3v) is 7.94. The number of benzene rings is 1. The molecule has 51 heavy (non-hydrogen) atoms. The molecule has 0 fully saturated rings. The maximum atomic E-state index is 13.0. The summed E-state index contributed by atoms with van der Waals surface area (Å²) in [5, 5.41) is 10.6. The smallest absolute Gasteiger partial charge is 0.343 e. The van der Waals surface area contributed by atoms with Crippen molar-refractivity contribution < 1.29 is 38.3 Å². The number of ether oxygens (including phenoxy) is 6. The Morgan fingerprint density at radius 3 is 1.57 bits per heavy atom. The Bertz CT molecular complexity index is 1990. The Morgan fingerprint density at radius 2 is 1.08 bits per heavy atom. The van der Waals surface area contributed by atoms with Gasteiger partial charge in [-0.15, -0.1) is 0 Å². The van der Waals surface area contributed by atoms with Crippen molar-refractivity contribution in [1.82, 2.24) is 19.9 Å². The van der Waals surface area contributed by atoms with Crippen molar-refractivity contribution >= 4 is 52.3 Å². The van der Waals surface area contributed by atoms with Gasteiger partial charge in [-0.2, -0.15) is 0 Å². The van der Waals surface area contributed by atoms with Gasteiger partial charge in [-0.1, -0.05) is 0 Å². The molecule has 12 nitrogen and oxygen atoms in total. The van der Waals surface area contributed by atoms with Crippen molar-refractivity contribution in [3.05, 3.63) is 76.9 Å². The van der Waals surface area contributed by atoms with Gasteiger partial charge in [0.2, 0.25) is 0 Å². The van der Waals surface area contributed by atoms with Crippen LogP contribution in [-0.4, -0.2) is 90.5 Å². The zero-order valence-corrected chi connectivity index (χ0v) is 29.0. The molecule has 5 heterocycles. The Balaban J connectivity index is 1.65. The van der Waals surface area contributed by atoms with Crippen LogP contribution in [0.25, 0.3) is 57.5 Å². The highest BCUT2D eigenvalue weighted by atomic mass is 16.6. The first-order chi connectivity index (χ1) is 25.0. The van der Waals surface area contributed by atoms with Gasteiger partial charge in [-0.25, -0.2) is 14.8 Å². The van der Waals surface area contributed by atoms with E-state index in [9.17, 15) is 9.90 Å². The van der Waals surface area contributed by atoms with Gasteiger partial charge >= 0.3 is 5.97 Å². The number of fused-ring (bicyclic) bond motifs is 8. The third kappa shape index (κ3) is 8.66. The van der Waals surface area contributed by atoms with Crippen molar-refractivity contribution in [3.63, 3.8) is 0 Å². The number of carboxylic acid groups (broad SMARTS) is 1. The number of aromatic carboxylic acids is 1. The highest BCUT2D eigenvalue weighted by molar-refractivity contribution is 6.00. The summed E-state index contributed by atoms with van der Waals surface area (Å²) in [7, 11) is 0. The maximum absolute atomic E-state index is 13.0. The molecule has 0 saturated heterocycles. The molecule has 3 aromatic heterocycles. The zero-order valence-electron chi connectivity index (χ0n) is 29.0. The molecule has 12 heteroatoms. The quantitative estimate of drug-likeness (QED) is 0.0832. The molecule has 6 rings (SSSR count). The lowest BCUT2D eigenvalue weighted by Gasteiger charge is -2.22. The van der Waals surface area contributed by atoms with Crippen LogP contribution in [0, 0.1) is 0 Å². The van der Waals surface area contributed by atoms with Crippen molar-refractivity contribution in [1.29, 1.82) is 0 Å². The zero-order chi connectivity index (χ0) is 35.6. The summed E-state index contributed by atoms with van der Waals surface area (Å²) in [5.41, 5.74) is 7.17. The minimum atomic E-state index is -1.24. The lowest BCUT2D eigenvalue weighted by molar-refractivity contribution is 0.0671. The van der Waals surface area contributed by atoms with E-state index in [0.29, 0.717) is 53.7 Å². The van der Waals surface area contributed by atoms with E-state index in [-0.39, 0.29) is 62.5 Å². The molecule has 0 unspecified atom stereocenters. The SMILES string of the molecule is CCOCCOc1cc(-c2c3nc(cc4ccc(cc5ccc(cc6nc2C=C6)[nH]5)[nH]4)C=C3)c(OCCOCC)c(OCCOCC)c1C(=O)O. The van der Waals surface area contributed by atoms with Gasteiger partial charge in [0.05, 0.1) is 42.6 Å². The summed E-state index contributed by atoms with van der Waals surface area (Å²) in [5.74, 6) is -0.943. The average molecular weight is 695 g/mol. The summed E-state index contributed by atoms with van der Waals surface area (Å²) in [6.45, 7) is 8.20. The van der Waals surface area contributed by atoms with Crippen LogP contribution in [0.15, 0.2) is 48.5 Å². The summed E-state index contributed by atoms with van der Waals surface area (Å²) in [6, 6.07) is 15.6. The lowest BCUT2D eigenvalue weighted by Crippen LogP contribution is -2.16. The van der Waals surface area contributed by atoms with Gasteiger partial charge in [0, 0.05) is 53.0 Å². The number of carboxylic acids is 1. The minimum Gasteiger partial charge on any atom is -0.490 e. The van der Waals surface area contributed by atoms with Crippen LogP contribution >= 0.6 is 0 Å². The van der Waals surface area contributed by atoms with Crippen molar-refractivity contribution in [2.45, 2.75) is 20.8 Å². The fourth-order valence-electron chi connectivity index (χ4n) is 5.73. The number of aromatic amines is 2. The molecule has 0 amide bonds. The van der Waals surface area contributed by atoms with Crippen LogP contribution in [-0.2, 0) is 14.2 Å². The molecular weight excluding hydrogens is 652 g/mol. The first-order valence-electron chi connectivity index (χ1n) is 17.1. The lowest BCUT2D eigenvalue weighted by atomic mass is 9.97. The number of rotatable bonds is 17. The van der Waals surface area contributed by atoms with Gasteiger partial charge in [-0.05, 0) is 93.6 Å². The number of nitrogens with zero attached hydrogens (tertiary/aromatic N) is 2. The van der Waals surface area contributed by atoms with Crippen LogP contribution in [0.1, 0.15) is 53.9 Å². The largest absolute Gasteiger partial charge is 0.490 e. The number of hydrogen-bond donors (Lipinski definition) is 3. The topological polar surface area (TPSA) is 150 Å². The Kier molecular flexibility index (Phi) is 11.8. The van der Waals surface area contributed by atoms with Crippen LogP contribution in [0.3, 0.4) is 0 Å². The summed E-state index contributed by atoms with van der Waals surface area (Å²) in [6.07, 6.45) is 7.66. The van der Waals surface area contributed by atoms with Gasteiger partial charge in [0.15, 0.2) is 11.5 Å². The summed E-state index contributed by atoms with van der Waals surface area (Å²) >= 11 is 0. The molecule has 3 N–H and O–H groups in total. The minimum absolute atomic E-state index is 0.00742. The Morgan fingerprint density at radius 1 is 0.608 bits per heavy atom. The average Bonchev–Trinajstić information content (AvgIpc) is 3.95. The predicted octanol–water partition coefficient (Wildman–Crippen LogP) is 7.27. The van der Waals surface area contributed by atoms with Gasteiger partial charge in [-0.3, -0.25) is 0 Å². The number of H-pyrrole nitrogens is 2. The number of nitrogens with one attached hydrogen (secondary N) is 2. The number of carbonyl (C=O) groups is 1. The Hall–Kier alpha value is -5.43. The molecular formula is C39H42N4O8. The molecule has 266 valence electrons. The van der Waals surface area contributed by atoms with E-state index >= 15 is 0 Å². The van der Waals surface area contributed by atoms with Crippen LogP contribution < -0.4 is 14.2 Å². The maximum Gasteiger partial charge on any atom is 0.343 e. The van der Waals surface area contributed by atoms with Gasteiger partial charge < -0.3 is 43.5 Å². The van der Waals surface area contributed by atoms with Gasteiger partial charge in [0.25, 0.3) is 0 Å². The molecule has 0 aliphatic carbocycles. The first kappa shape index (κ1) is 35.4. The third-order valence-electron chi connectivity index (χ3n) is 7.94. The second-order valence-corrected chi connectivity index (χ2v) is 11.5. The molecule has 0 spiro atoms. The Labute approximate surface area is 295 Å². The molecule has 2 aliphatic rings. The van der Waals surface area contributed by atoms with Crippen molar-refractivity contribution in [2.75, 3.05) is 59.5 Å². The molecule has 0 atom stereocenters. The van der Waals surface area contributed by atoms with Crippen LogP contribution in [0.4, 0.5) is 0 Å². The van der Waals surface area contributed by atoms with Crippen molar-refractivity contribution in [2.24, 2.45) is 0 Å². The van der Waals surface area contributed by atoms with Crippen LogP contribution in [0.2, 0.25) is 0 Å². The second-order valence-electron chi connectivity index (χ2n) is 11.5. The van der Waals surface area contributed by atoms with E-state index in [1.165, 1.54) is 0 Å². The summed E-state index contributed by atoms with van der Waals surface area (Å²) < 4.78 is 35.4. The standard InChI is InChI=1S/C39H42N4O8/c1-4-46-15-18-49-34-24-31(37(50-19-16-47-5-2)38(36(34)39(44)45)51-20-17-48-6-3)35-32-13-11-29(42-32)22-27-9-7-25(40-27)21-26-8-10-28(41-26)23-30-12-14-33(35)43-30/h7-14,21-24,40-41H,4-6,15-20H2,1-3H3,(H,44,45). The normalized spacial score (nSPS) is 12.0. The van der Waals surface area contributed by atoms with E-state index in [0.717, 1.165) is 22.1 Å². The predicted molar refractivity (Wildman–Crippen MR) is 197 cm³/mol. The number of hydrogen-bond acceptors (Lipinski definition) is 9. The van der Waals surface area contributed by atoms with E-state index in [1.807, 2.05) is 87.5 Å². The highest BCUT2D eigenvalue weighted by Crippen LogP contribution is 2.48. The van der Waals surface area contributed by atoms with E-state index in [2.05, 4.69) is 9.97 Å². The fourth-order valence-corrected chi connectivity index (χ4v) is 5.73. The molecule has 1 aromatic carbocycles. The fraction of sp³-hybridized carbons (Fsp3) is 0.308. The molecule has 0 radical (unpaired) electrons.